The fraction of sp³-hybridized carbons (Fsp3) is 0.462. The molecule has 0 bridgehead atoms. The lowest BCUT2D eigenvalue weighted by molar-refractivity contribution is 0.0616. The van der Waals surface area contributed by atoms with Crippen molar-refractivity contribution in [2.45, 2.75) is 12.8 Å². The second-order valence-electron chi connectivity index (χ2n) is 4.42. The number of amides is 1. The Morgan fingerprint density at radius 2 is 2.24 bits per heavy atom. The van der Waals surface area contributed by atoms with Crippen LogP contribution in [0.5, 0.6) is 0 Å². The van der Waals surface area contributed by atoms with Crippen LogP contribution in [0.2, 0.25) is 0 Å². The minimum absolute atomic E-state index is 0.0844. The number of carbonyl (C=O) groups excluding carboxylic acids is 1. The van der Waals surface area contributed by atoms with Crippen LogP contribution < -0.4 is 0 Å². The van der Waals surface area contributed by atoms with Crippen LogP contribution in [0.4, 0.5) is 4.39 Å². The Kier molecular flexibility index (Phi) is 3.74. The molecule has 1 N–H and O–H groups in total. The average molecular weight is 237 g/mol. The van der Waals surface area contributed by atoms with E-state index in [0.717, 1.165) is 12.8 Å². The van der Waals surface area contributed by atoms with Crippen molar-refractivity contribution in [3.05, 3.63) is 35.6 Å². The summed E-state index contributed by atoms with van der Waals surface area (Å²) in [5, 5.41) is 9.10. The molecule has 92 valence electrons. The lowest BCUT2D eigenvalue weighted by Crippen LogP contribution is -2.41. The molecule has 1 atom stereocenters. The third-order valence-electron chi connectivity index (χ3n) is 3.17. The Hall–Kier alpha value is -1.42. The van der Waals surface area contributed by atoms with Crippen molar-refractivity contribution in [3.8, 4) is 0 Å². The highest BCUT2D eigenvalue weighted by Gasteiger charge is 2.25. The number of aliphatic hydroxyl groups is 1. The smallest absolute Gasteiger partial charge is 0.256 e. The van der Waals surface area contributed by atoms with Gasteiger partial charge in [0.15, 0.2) is 0 Å². The van der Waals surface area contributed by atoms with Crippen LogP contribution in [0.1, 0.15) is 23.2 Å². The maximum absolute atomic E-state index is 13.5. The zero-order valence-corrected chi connectivity index (χ0v) is 9.60. The quantitative estimate of drug-likeness (QED) is 0.850. The van der Waals surface area contributed by atoms with Crippen molar-refractivity contribution < 1.29 is 14.3 Å². The van der Waals surface area contributed by atoms with E-state index in [-0.39, 0.29) is 24.0 Å². The first-order valence-electron chi connectivity index (χ1n) is 5.87. The van der Waals surface area contributed by atoms with Gasteiger partial charge in [0.25, 0.3) is 5.91 Å². The van der Waals surface area contributed by atoms with Crippen LogP contribution in [0.25, 0.3) is 0 Å². The van der Waals surface area contributed by atoms with Crippen molar-refractivity contribution >= 4 is 5.91 Å². The minimum atomic E-state index is -0.483. The van der Waals surface area contributed by atoms with Gasteiger partial charge in [-0.05, 0) is 30.9 Å². The zero-order chi connectivity index (χ0) is 12.3. The Morgan fingerprint density at radius 3 is 2.94 bits per heavy atom. The van der Waals surface area contributed by atoms with Crippen molar-refractivity contribution in [1.82, 2.24) is 4.90 Å². The van der Waals surface area contributed by atoms with Gasteiger partial charge in [-0.2, -0.15) is 0 Å². The number of piperidine rings is 1. The van der Waals surface area contributed by atoms with Crippen LogP contribution in [-0.2, 0) is 0 Å². The first-order valence-corrected chi connectivity index (χ1v) is 5.87. The molecule has 3 nitrogen and oxygen atoms in total. The van der Waals surface area contributed by atoms with E-state index in [0.29, 0.717) is 13.1 Å². The number of likely N-dealkylation sites (tertiary alicyclic amines) is 1. The molecule has 0 spiro atoms. The van der Waals surface area contributed by atoms with E-state index < -0.39 is 5.82 Å². The maximum Gasteiger partial charge on any atom is 0.256 e. The summed E-state index contributed by atoms with van der Waals surface area (Å²) in [7, 11) is 0. The molecule has 1 amide bonds. The Morgan fingerprint density at radius 1 is 1.47 bits per heavy atom. The number of halogens is 1. The number of benzene rings is 1. The molecule has 0 saturated carbocycles. The summed E-state index contributed by atoms with van der Waals surface area (Å²) in [6.45, 7) is 1.24. The molecule has 1 fully saturated rings. The van der Waals surface area contributed by atoms with E-state index >= 15 is 0 Å². The second-order valence-corrected chi connectivity index (χ2v) is 4.42. The molecular weight excluding hydrogens is 221 g/mol. The van der Waals surface area contributed by atoms with Crippen LogP contribution in [0.3, 0.4) is 0 Å². The topological polar surface area (TPSA) is 40.5 Å². The lowest BCUT2D eigenvalue weighted by Gasteiger charge is -2.31. The predicted octanol–water partition coefficient (Wildman–Crippen LogP) is 1.67. The zero-order valence-electron chi connectivity index (χ0n) is 9.60. The van der Waals surface area contributed by atoms with Gasteiger partial charge in [-0.1, -0.05) is 12.1 Å². The minimum Gasteiger partial charge on any atom is -0.396 e. The first-order chi connectivity index (χ1) is 8.22. The van der Waals surface area contributed by atoms with Gasteiger partial charge in [-0.25, -0.2) is 4.39 Å². The summed E-state index contributed by atoms with van der Waals surface area (Å²) in [5.41, 5.74) is 0.117. The molecule has 1 heterocycles. The predicted molar refractivity (Wildman–Crippen MR) is 62.1 cm³/mol. The van der Waals surface area contributed by atoms with E-state index in [1.54, 1.807) is 17.0 Å². The highest BCUT2D eigenvalue weighted by Crippen LogP contribution is 2.19. The molecule has 0 radical (unpaired) electrons. The maximum atomic E-state index is 13.5. The Bertz CT molecular complexity index is 408. The van der Waals surface area contributed by atoms with E-state index in [9.17, 15) is 9.18 Å². The van der Waals surface area contributed by atoms with E-state index in [2.05, 4.69) is 0 Å². The van der Waals surface area contributed by atoms with E-state index in [1.807, 2.05) is 0 Å². The molecule has 1 saturated heterocycles. The van der Waals surface area contributed by atoms with Gasteiger partial charge >= 0.3 is 0 Å². The molecule has 1 aromatic carbocycles. The SMILES string of the molecule is O=C(c1ccccc1F)N1CCCC(CO)C1. The lowest BCUT2D eigenvalue weighted by atomic mass is 9.98. The highest BCUT2D eigenvalue weighted by atomic mass is 19.1. The molecule has 0 aromatic heterocycles. The summed E-state index contributed by atoms with van der Waals surface area (Å²) in [6, 6.07) is 6.02. The van der Waals surface area contributed by atoms with Gasteiger partial charge in [0.2, 0.25) is 0 Å². The molecule has 2 rings (SSSR count). The van der Waals surface area contributed by atoms with E-state index in [4.69, 9.17) is 5.11 Å². The summed E-state index contributed by atoms with van der Waals surface area (Å²) in [5.74, 6) is -0.635. The highest BCUT2D eigenvalue weighted by molar-refractivity contribution is 5.94. The third-order valence-corrected chi connectivity index (χ3v) is 3.17. The van der Waals surface area contributed by atoms with Crippen molar-refractivity contribution in [1.29, 1.82) is 0 Å². The van der Waals surface area contributed by atoms with Gasteiger partial charge < -0.3 is 10.0 Å². The molecular formula is C13H16FNO2. The van der Waals surface area contributed by atoms with Crippen LogP contribution in [0.15, 0.2) is 24.3 Å². The fourth-order valence-electron chi connectivity index (χ4n) is 2.20. The van der Waals surface area contributed by atoms with Gasteiger partial charge in [0.1, 0.15) is 5.82 Å². The number of hydrogen-bond acceptors (Lipinski definition) is 2. The summed E-state index contributed by atoms with van der Waals surface area (Å²) >= 11 is 0. The third kappa shape index (κ3) is 2.64. The monoisotopic (exact) mass is 237 g/mol. The second kappa shape index (κ2) is 5.27. The van der Waals surface area contributed by atoms with Crippen LogP contribution in [0, 0.1) is 11.7 Å². The summed E-state index contributed by atoms with van der Waals surface area (Å²) in [4.78, 5) is 13.7. The van der Waals surface area contributed by atoms with Gasteiger partial charge in [0, 0.05) is 19.7 Å². The fourth-order valence-corrected chi connectivity index (χ4v) is 2.20. The molecule has 1 aliphatic heterocycles. The number of nitrogens with zero attached hydrogens (tertiary/aromatic N) is 1. The number of hydrogen-bond donors (Lipinski definition) is 1. The molecule has 1 aromatic rings. The Balaban J connectivity index is 2.12. The normalized spacial score (nSPS) is 20.4. The van der Waals surface area contributed by atoms with Crippen molar-refractivity contribution in [2.75, 3.05) is 19.7 Å². The first kappa shape index (κ1) is 12.0. The number of carbonyl (C=O) groups is 1. The molecule has 1 unspecified atom stereocenters. The van der Waals surface area contributed by atoms with Crippen LogP contribution >= 0.6 is 0 Å². The Labute approximate surface area is 99.9 Å². The van der Waals surface area contributed by atoms with Gasteiger partial charge in [-0.3, -0.25) is 4.79 Å². The van der Waals surface area contributed by atoms with Crippen LogP contribution in [-0.4, -0.2) is 35.6 Å². The van der Waals surface area contributed by atoms with Gasteiger partial charge in [-0.15, -0.1) is 0 Å². The molecule has 4 heteroatoms. The molecule has 1 aliphatic rings. The van der Waals surface area contributed by atoms with Crippen molar-refractivity contribution in [2.24, 2.45) is 5.92 Å². The van der Waals surface area contributed by atoms with Crippen molar-refractivity contribution in [3.63, 3.8) is 0 Å². The molecule has 0 aliphatic carbocycles. The van der Waals surface area contributed by atoms with E-state index in [1.165, 1.54) is 12.1 Å². The summed E-state index contributed by atoms with van der Waals surface area (Å²) in [6.07, 6.45) is 1.79. The summed E-state index contributed by atoms with van der Waals surface area (Å²) < 4.78 is 13.5. The largest absolute Gasteiger partial charge is 0.396 e. The number of rotatable bonds is 2. The van der Waals surface area contributed by atoms with Gasteiger partial charge in [0.05, 0.1) is 5.56 Å². The molecule has 17 heavy (non-hydrogen) atoms. The average Bonchev–Trinajstić information content (AvgIpc) is 2.38. The standard InChI is InChI=1S/C13H16FNO2/c14-12-6-2-1-5-11(12)13(17)15-7-3-4-10(8-15)9-16/h1-2,5-6,10,16H,3-4,7-9H2. The number of aliphatic hydroxyl groups excluding tert-OH is 1.